The van der Waals surface area contributed by atoms with Gasteiger partial charge in [0.15, 0.2) is 23.0 Å². The van der Waals surface area contributed by atoms with Crippen molar-refractivity contribution in [2.24, 2.45) is 0 Å². The van der Waals surface area contributed by atoms with E-state index in [1.165, 1.54) is 32.7 Å². The average Bonchev–Trinajstić information content (AvgIpc) is 3.24. The molecule has 0 atom stereocenters. The zero-order valence-corrected chi connectivity index (χ0v) is 13.5. The zero-order valence-electron chi connectivity index (χ0n) is 13.5. The van der Waals surface area contributed by atoms with Crippen molar-refractivity contribution in [2.75, 3.05) is 14.2 Å². The number of fused-ring (bicyclic) bond motifs is 2. The Balaban J connectivity index is 2.02. The van der Waals surface area contributed by atoms with Crippen molar-refractivity contribution in [3.63, 3.8) is 0 Å². The third-order valence-electron chi connectivity index (χ3n) is 4.46. The second-order valence-electron chi connectivity index (χ2n) is 5.76. The van der Waals surface area contributed by atoms with Gasteiger partial charge in [-0.2, -0.15) is 0 Å². The van der Waals surface area contributed by atoms with Gasteiger partial charge >= 0.3 is 6.97 Å². The van der Waals surface area contributed by atoms with E-state index in [9.17, 15) is 13.0 Å². The molecule has 3 heterocycles. The molecule has 0 saturated carbocycles. The average molecular weight is 346 g/mol. The minimum atomic E-state index is -3.98. The Morgan fingerprint density at radius 2 is 1.96 bits per heavy atom. The fourth-order valence-corrected chi connectivity index (χ4v) is 3.38. The highest BCUT2D eigenvalue weighted by molar-refractivity contribution is 6.57. The summed E-state index contributed by atoms with van der Waals surface area (Å²) in [6, 6.07) is 5.99. The van der Waals surface area contributed by atoms with Crippen LogP contribution in [0.4, 0.5) is 13.0 Å². The van der Waals surface area contributed by atoms with E-state index in [0.29, 0.717) is 22.5 Å². The van der Waals surface area contributed by atoms with E-state index >= 15 is 0 Å². The van der Waals surface area contributed by atoms with Crippen LogP contribution < -0.4 is 9.47 Å². The zero-order chi connectivity index (χ0) is 17.8. The topological polar surface area (TPSA) is 26.4 Å². The molecule has 0 unspecified atom stereocenters. The number of methoxy groups -OCH3 is 2. The van der Waals surface area contributed by atoms with Crippen LogP contribution in [0.5, 0.6) is 11.5 Å². The molecule has 0 spiro atoms. The summed E-state index contributed by atoms with van der Waals surface area (Å²) in [7, 11) is 2.74. The van der Waals surface area contributed by atoms with Crippen molar-refractivity contribution in [1.29, 1.82) is 0 Å². The molecule has 2 aliphatic heterocycles. The van der Waals surface area contributed by atoms with E-state index in [4.69, 9.17) is 9.47 Å². The van der Waals surface area contributed by atoms with Gasteiger partial charge < -0.3 is 27.1 Å². The maximum absolute atomic E-state index is 14.7. The van der Waals surface area contributed by atoms with Gasteiger partial charge in [-0.1, -0.05) is 0 Å². The molecule has 0 radical (unpaired) electrons. The first kappa shape index (κ1) is 15.6. The highest BCUT2D eigenvalue weighted by Gasteiger charge is 2.51. The predicted molar refractivity (Wildman–Crippen MR) is 88.8 cm³/mol. The number of hydrogen-bond acceptors (Lipinski definition) is 2. The molecule has 0 fully saturated rings. The second kappa shape index (κ2) is 5.30. The van der Waals surface area contributed by atoms with E-state index < -0.39 is 12.8 Å². The van der Waals surface area contributed by atoms with E-state index in [0.717, 1.165) is 8.96 Å². The highest BCUT2D eigenvalue weighted by Crippen LogP contribution is 2.41. The van der Waals surface area contributed by atoms with Crippen molar-refractivity contribution in [2.45, 2.75) is 0 Å². The first-order chi connectivity index (χ1) is 12.0. The first-order valence-electron chi connectivity index (χ1n) is 7.65. The fourth-order valence-electron chi connectivity index (χ4n) is 3.38. The summed E-state index contributed by atoms with van der Waals surface area (Å²) in [6.45, 7) is -3.98. The number of benzene rings is 1. The van der Waals surface area contributed by atoms with E-state index in [1.54, 1.807) is 30.4 Å². The van der Waals surface area contributed by atoms with Gasteiger partial charge in [0, 0.05) is 17.8 Å². The first-order valence-corrected chi connectivity index (χ1v) is 7.65. The minimum Gasteiger partial charge on any atom is -0.493 e. The van der Waals surface area contributed by atoms with E-state index in [1.807, 2.05) is 0 Å². The highest BCUT2D eigenvalue weighted by atomic mass is 19.2. The Hall–Kier alpha value is -2.90. The smallest absolute Gasteiger partial charge is 0.493 e. The van der Waals surface area contributed by atoms with E-state index in [2.05, 4.69) is 0 Å². The van der Waals surface area contributed by atoms with Crippen molar-refractivity contribution < 1.29 is 27.0 Å². The lowest BCUT2D eigenvalue weighted by molar-refractivity contribution is -0.356. The lowest BCUT2D eigenvalue weighted by atomic mass is 9.86. The molecule has 8 heteroatoms. The summed E-state index contributed by atoms with van der Waals surface area (Å²) in [5, 5.41) is 0. The lowest BCUT2D eigenvalue weighted by Gasteiger charge is -2.31. The van der Waals surface area contributed by atoms with Gasteiger partial charge in [0.25, 0.3) is 0 Å². The number of ether oxygens (including phenoxy) is 2. The third-order valence-corrected chi connectivity index (χ3v) is 4.46. The summed E-state index contributed by atoms with van der Waals surface area (Å²) in [5.74, 6) is -0.449. The van der Waals surface area contributed by atoms with Crippen molar-refractivity contribution >= 4 is 18.8 Å². The molecule has 25 heavy (non-hydrogen) atoms. The summed E-state index contributed by atoms with van der Waals surface area (Å²) in [6.07, 6.45) is 5.80. The van der Waals surface area contributed by atoms with Gasteiger partial charge in [-0.25, -0.2) is 4.39 Å². The molecular formula is C17H14BF3N2O2. The third kappa shape index (κ3) is 2.06. The van der Waals surface area contributed by atoms with Crippen molar-refractivity contribution in [1.82, 2.24) is 4.48 Å². The Bertz CT molecular complexity index is 976. The van der Waals surface area contributed by atoms with Crippen LogP contribution >= 0.6 is 0 Å². The van der Waals surface area contributed by atoms with Crippen molar-refractivity contribution in [3.8, 4) is 11.5 Å². The molecule has 128 valence electrons. The summed E-state index contributed by atoms with van der Waals surface area (Å²) >= 11 is 0. The van der Waals surface area contributed by atoms with Gasteiger partial charge in [-0.15, -0.1) is 0 Å². The van der Waals surface area contributed by atoms with Crippen LogP contribution in [0, 0.1) is 5.82 Å². The van der Waals surface area contributed by atoms with Crippen LogP contribution in [0.15, 0.2) is 48.3 Å². The number of allylic oxidation sites excluding steroid dienone is 2. The molecule has 4 nitrogen and oxygen atoms in total. The molecular weight excluding hydrogens is 332 g/mol. The maximum atomic E-state index is 14.7. The Kier molecular flexibility index (Phi) is 3.31. The van der Waals surface area contributed by atoms with Gasteiger partial charge in [0.2, 0.25) is 0 Å². The fraction of sp³-hybridized carbons (Fsp3) is 0.118. The molecule has 0 N–H and O–H groups in total. The lowest BCUT2D eigenvalue weighted by Crippen LogP contribution is -2.49. The molecule has 2 aliphatic rings. The van der Waals surface area contributed by atoms with Gasteiger partial charge in [0.05, 0.1) is 19.8 Å². The molecule has 1 aromatic heterocycles. The molecule has 0 bridgehead atoms. The Morgan fingerprint density at radius 3 is 2.68 bits per heavy atom. The summed E-state index contributed by atoms with van der Waals surface area (Å²) in [4.78, 5) is 0. The standard InChI is InChI=1S/C17H14BF3N2O2/c1-24-15-10-11(9-12(19)17(15)25-2)16-13-5-3-7-22(13)18(20,21)23-8-4-6-14(16)23/h3-10H,1-2H3. The maximum Gasteiger partial charge on any atom is 0.737 e. The normalized spacial score (nSPS) is 17.2. The number of hydrogen-bond donors (Lipinski definition) is 0. The van der Waals surface area contributed by atoms with Crippen LogP contribution in [0.1, 0.15) is 11.3 Å². The van der Waals surface area contributed by atoms with E-state index in [-0.39, 0.29) is 11.5 Å². The number of nitrogens with zero attached hydrogens (tertiary/aromatic N) is 2. The predicted octanol–water partition coefficient (Wildman–Crippen LogP) is 3.29. The van der Waals surface area contributed by atoms with Crippen molar-refractivity contribution in [3.05, 3.63) is 65.4 Å². The van der Waals surface area contributed by atoms with Crippen LogP contribution in [0.3, 0.4) is 0 Å². The van der Waals surface area contributed by atoms with Crippen LogP contribution in [-0.2, 0) is 0 Å². The molecule has 1 aromatic carbocycles. The molecule has 0 amide bonds. The largest absolute Gasteiger partial charge is 0.737 e. The number of halogens is 3. The minimum absolute atomic E-state index is 0.0250. The molecule has 0 aliphatic carbocycles. The Labute approximate surface area is 142 Å². The monoisotopic (exact) mass is 346 g/mol. The SMILES string of the molecule is COc1cc(C2=C3C=CC=[N+]3[B-](F)(F)n3cccc32)cc(F)c1OC. The summed E-state index contributed by atoms with van der Waals surface area (Å²) < 4.78 is 56.0. The van der Waals surface area contributed by atoms with Crippen LogP contribution in [-0.4, -0.2) is 36.4 Å². The molecule has 0 saturated heterocycles. The van der Waals surface area contributed by atoms with Gasteiger partial charge in [-0.3, -0.25) is 0 Å². The van der Waals surface area contributed by atoms with Gasteiger partial charge in [-0.05, 0) is 36.0 Å². The van der Waals surface area contributed by atoms with Gasteiger partial charge in [0.1, 0.15) is 6.21 Å². The quantitative estimate of drug-likeness (QED) is 0.798. The molecule has 4 rings (SSSR count). The number of aromatic nitrogens is 1. The van der Waals surface area contributed by atoms with Crippen LogP contribution in [0.2, 0.25) is 0 Å². The number of rotatable bonds is 3. The second-order valence-corrected chi connectivity index (χ2v) is 5.76. The summed E-state index contributed by atoms with van der Waals surface area (Å²) in [5.41, 5.74) is 1.58. The molecule has 2 aromatic rings. The Morgan fingerprint density at radius 1 is 1.16 bits per heavy atom. The van der Waals surface area contributed by atoms with Crippen LogP contribution in [0.25, 0.3) is 5.57 Å².